The van der Waals surface area contributed by atoms with Crippen molar-refractivity contribution in [2.75, 3.05) is 7.05 Å². The molecule has 2 rings (SSSR count). The van der Waals surface area contributed by atoms with E-state index in [1.165, 1.54) is 0 Å². The molecule has 1 aromatic carbocycles. The van der Waals surface area contributed by atoms with E-state index >= 15 is 0 Å². The first-order valence-electron chi connectivity index (χ1n) is 6.42. The van der Waals surface area contributed by atoms with Gasteiger partial charge in [0.25, 0.3) is 0 Å². The lowest BCUT2D eigenvalue weighted by Gasteiger charge is -2.29. The van der Waals surface area contributed by atoms with Crippen LogP contribution in [0.5, 0.6) is 0 Å². The number of carbonyl (C=O) groups excluding carboxylic acids is 1. The van der Waals surface area contributed by atoms with Crippen LogP contribution in [-0.2, 0) is 16.9 Å². The molecule has 1 unspecified atom stereocenters. The van der Waals surface area contributed by atoms with E-state index in [0.29, 0.717) is 6.54 Å². The minimum atomic E-state index is -1.02. The number of hydrogen-bond donors (Lipinski definition) is 1. The average Bonchev–Trinajstić information content (AvgIpc) is 2.84. The molecule has 0 bridgehead atoms. The highest BCUT2D eigenvalue weighted by molar-refractivity contribution is 7.09. The fourth-order valence-corrected chi connectivity index (χ4v) is 2.90. The predicted molar refractivity (Wildman–Crippen MR) is 95.8 cm³/mol. The summed E-state index contributed by atoms with van der Waals surface area (Å²) in [6, 6.07) is 9.45. The summed E-state index contributed by atoms with van der Waals surface area (Å²) in [5.74, 6) is -0.100. The first-order chi connectivity index (χ1) is 9.43. The molecule has 0 aliphatic carbocycles. The molecule has 122 valence electrons. The number of nitrogens with two attached hydrogens (primary N) is 1. The van der Waals surface area contributed by atoms with Gasteiger partial charge in [0, 0.05) is 11.9 Å². The number of likely N-dealkylation sites (N-methyl/N-ethyl adjacent to an activating group) is 1. The van der Waals surface area contributed by atoms with E-state index in [9.17, 15) is 4.79 Å². The Kier molecular flexibility index (Phi) is 8.04. The molecule has 0 aliphatic heterocycles. The van der Waals surface area contributed by atoms with Crippen molar-refractivity contribution in [3.63, 3.8) is 0 Å². The van der Waals surface area contributed by atoms with E-state index in [4.69, 9.17) is 5.73 Å². The maximum Gasteiger partial charge on any atom is 0.247 e. The lowest BCUT2D eigenvalue weighted by molar-refractivity contribution is -0.135. The quantitative estimate of drug-likeness (QED) is 0.909. The molecule has 1 aromatic heterocycles. The average molecular weight is 362 g/mol. The van der Waals surface area contributed by atoms with Crippen molar-refractivity contribution in [3.05, 3.63) is 52.0 Å². The van der Waals surface area contributed by atoms with Gasteiger partial charge >= 0.3 is 0 Å². The molecule has 4 nitrogen and oxygen atoms in total. The van der Waals surface area contributed by atoms with E-state index in [1.807, 2.05) is 37.3 Å². The van der Waals surface area contributed by atoms with Crippen molar-refractivity contribution in [2.24, 2.45) is 5.73 Å². The molecule has 1 amide bonds. The van der Waals surface area contributed by atoms with E-state index in [-0.39, 0.29) is 30.7 Å². The molecule has 22 heavy (non-hydrogen) atoms. The van der Waals surface area contributed by atoms with E-state index in [2.05, 4.69) is 4.98 Å². The van der Waals surface area contributed by atoms with Crippen LogP contribution in [-0.4, -0.2) is 22.8 Å². The van der Waals surface area contributed by atoms with Gasteiger partial charge < -0.3 is 10.6 Å². The molecule has 2 aromatic rings. The van der Waals surface area contributed by atoms with Crippen LogP contribution in [0.4, 0.5) is 0 Å². The number of hydrogen-bond acceptors (Lipinski definition) is 4. The third-order valence-electron chi connectivity index (χ3n) is 3.39. The summed E-state index contributed by atoms with van der Waals surface area (Å²) >= 11 is 1.56. The summed E-state index contributed by atoms with van der Waals surface area (Å²) in [7, 11) is 1.77. The summed E-state index contributed by atoms with van der Waals surface area (Å²) in [5.41, 5.74) is 8.80. The number of carbonyl (C=O) groups is 1. The normalized spacial score (nSPS) is 12.5. The van der Waals surface area contributed by atoms with Gasteiger partial charge in [-0.3, -0.25) is 4.79 Å². The van der Waals surface area contributed by atoms with Gasteiger partial charge in [-0.15, -0.1) is 36.2 Å². The highest BCUT2D eigenvalue weighted by Crippen LogP contribution is 2.22. The standard InChI is InChI=1S/C15H19N3OS.2ClH/c1-11-13(20-10-17-11)9-18(3)14(19)15(2,16)12-7-5-4-6-8-12;;/h4-8,10H,9,16H2,1-3H3;2*1H. The van der Waals surface area contributed by atoms with Gasteiger partial charge in [-0.1, -0.05) is 30.3 Å². The molecule has 0 saturated carbocycles. The van der Waals surface area contributed by atoms with Crippen LogP contribution in [0.15, 0.2) is 35.8 Å². The Bertz CT molecular complexity index is 602. The van der Waals surface area contributed by atoms with Crippen molar-refractivity contribution in [3.8, 4) is 0 Å². The number of benzene rings is 1. The zero-order valence-electron chi connectivity index (χ0n) is 12.8. The second kappa shape index (κ2) is 8.48. The highest BCUT2D eigenvalue weighted by atomic mass is 35.5. The minimum absolute atomic E-state index is 0. The molecular weight excluding hydrogens is 341 g/mol. The van der Waals surface area contributed by atoms with Crippen molar-refractivity contribution in [1.82, 2.24) is 9.88 Å². The molecule has 2 N–H and O–H groups in total. The molecular formula is C15H21Cl2N3OS. The van der Waals surface area contributed by atoms with Crippen molar-refractivity contribution in [2.45, 2.75) is 25.9 Å². The summed E-state index contributed by atoms with van der Waals surface area (Å²) in [6.07, 6.45) is 0. The van der Waals surface area contributed by atoms with Gasteiger partial charge in [0.2, 0.25) is 5.91 Å². The fourth-order valence-electron chi connectivity index (χ4n) is 2.07. The Balaban J connectivity index is 0.00000220. The number of aromatic nitrogens is 1. The van der Waals surface area contributed by atoms with Crippen LogP contribution in [0.1, 0.15) is 23.1 Å². The van der Waals surface area contributed by atoms with Crippen molar-refractivity contribution in [1.29, 1.82) is 0 Å². The second-order valence-corrected chi connectivity index (χ2v) is 6.03. The smallest absolute Gasteiger partial charge is 0.247 e. The van der Waals surface area contributed by atoms with E-state index in [1.54, 1.807) is 35.7 Å². The zero-order chi connectivity index (χ0) is 14.8. The Morgan fingerprint density at radius 2 is 1.91 bits per heavy atom. The maximum absolute atomic E-state index is 12.6. The van der Waals surface area contributed by atoms with E-state index < -0.39 is 5.54 Å². The van der Waals surface area contributed by atoms with E-state index in [0.717, 1.165) is 16.1 Å². The van der Waals surface area contributed by atoms with Crippen LogP contribution in [0.3, 0.4) is 0 Å². The number of rotatable bonds is 4. The summed E-state index contributed by atoms with van der Waals surface area (Å²) < 4.78 is 0. The minimum Gasteiger partial charge on any atom is -0.339 e. The van der Waals surface area contributed by atoms with Crippen LogP contribution >= 0.6 is 36.2 Å². The fraction of sp³-hybridized carbons (Fsp3) is 0.333. The third-order valence-corrected chi connectivity index (χ3v) is 4.31. The Morgan fingerprint density at radius 1 is 1.32 bits per heavy atom. The number of nitrogens with zero attached hydrogens (tertiary/aromatic N) is 2. The lowest BCUT2D eigenvalue weighted by Crippen LogP contribution is -2.49. The van der Waals surface area contributed by atoms with Crippen LogP contribution in [0, 0.1) is 6.92 Å². The number of aryl methyl sites for hydroxylation is 1. The van der Waals surface area contributed by atoms with Gasteiger partial charge in [-0.25, -0.2) is 4.98 Å². The first kappa shape index (κ1) is 20.9. The molecule has 0 fully saturated rings. The summed E-state index contributed by atoms with van der Waals surface area (Å²) in [4.78, 5) is 19.5. The lowest BCUT2D eigenvalue weighted by atomic mass is 9.92. The number of thiazole rings is 1. The Morgan fingerprint density at radius 3 is 2.41 bits per heavy atom. The van der Waals surface area contributed by atoms with Gasteiger partial charge in [0.15, 0.2) is 0 Å². The van der Waals surface area contributed by atoms with Crippen LogP contribution in [0.2, 0.25) is 0 Å². The van der Waals surface area contributed by atoms with Gasteiger partial charge in [0.1, 0.15) is 5.54 Å². The molecule has 0 spiro atoms. The van der Waals surface area contributed by atoms with Gasteiger partial charge in [-0.05, 0) is 19.4 Å². The third kappa shape index (κ3) is 4.43. The van der Waals surface area contributed by atoms with Crippen molar-refractivity contribution >= 4 is 42.1 Å². The molecule has 1 heterocycles. The first-order valence-corrected chi connectivity index (χ1v) is 7.30. The second-order valence-electron chi connectivity index (χ2n) is 5.09. The molecule has 0 saturated heterocycles. The van der Waals surface area contributed by atoms with Gasteiger partial charge in [-0.2, -0.15) is 0 Å². The monoisotopic (exact) mass is 361 g/mol. The Hall–Kier alpha value is -1.14. The number of amides is 1. The largest absolute Gasteiger partial charge is 0.339 e. The van der Waals surface area contributed by atoms with Gasteiger partial charge in [0.05, 0.1) is 17.7 Å². The molecule has 1 atom stereocenters. The molecule has 0 aliphatic rings. The molecule has 7 heteroatoms. The van der Waals surface area contributed by atoms with Crippen LogP contribution < -0.4 is 5.73 Å². The van der Waals surface area contributed by atoms with Crippen LogP contribution in [0.25, 0.3) is 0 Å². The SMILES string of the molecule is Cc1ncsc1CN(C)C(=O)C(C)(N)c1ccccc1.Cl.Cl. The zero-order valence-corrected chi connectivity index (χ0v) is 15.2. The highest BCUT2D eigenvalue weighted by Gasteiger charge is 2.33. The Labute approximate surface area is 147 Å². The summed E-state index contributed by atoms with van der Waals surface area (Å²) in [5, 5.41) is 0. The summed E-state index contributed by atoms with van der Waals surface area (Å²) in [6.45, 7) is 4.23. The van der Waals surface area contributed by atoms with Crippen molar-refractivity contribution < 1.29 is 4.79 Å². The molecule has 0 radical (unpaired) electrons. The topological polar surface area (TPSA) is 59.2 Å². The predicted octanol–water partition coefficient (Wildman–Crippen LogP) is 3.13. The maximum atomic E-state index is 12.6. The number of halogens is 2.